The fourth-order valence-electron chi connectivity index (χ4n) is 3.39. The molecule has 2 nitrogen and oxygen atoms in total. The van der Waals surface area contributed by atoms with Crippen LogP contribution in [0, 0.1) is 5.92 Å². The van der Waals surface area contributed by atoms with Gasteiger partial charge in [0.25, 0.3) is 0 Å². The Labute approximate surface area is 126 Å². The molecule has 1 aliphatic carbocycles. The molecular formula is C19H23NO. The van der Waals surface area contributed by atoms with Gasteiger partial charge in [-0.2, -0.15) is 0 Å². The van der Waals surface area contributed by atoms with Crippen LogP contribution in [0.4, 0.5) is 0 Å². The number of rotatable bonds is 4. The Hall–Kier alpha value is -1.64. The minimum atomic E-state index is -0.191. The van der Waals surface area contributed by atoms with E-state index in [4.69, 9.17) is 0 Å². The fraction of sp³-hybridized carbons (Fsp3) is 0.368. The van der Waals surface area contributed by atoms with Gasteiger partial charge in [0, 0.05) is 6.04 Å². The average molecular weight is 281 g/mol. The summed E-state index contributed by atoms with van der Waals surface area (Å²) >= 11 is 0. The Morgan fingerprint density at radius 2 is 1.62 bits per heavy atom. The maximum atomic E-state index is 9.97. The molecule has 3 rings (SSSR count). The van der Waals surface area contributed by atoms with Crippen LogP contribution in [0.2, 0.25) is 0 Å². The predicted octanol–water partition coefficient (Wildman–Crippen LogP) is 3.26. The first-order valence-electron chi connectivity index (χ1n) is 7.76. The molecule has 2 aromatic carbocycles. The third kappa shape index (κ3) is 3.34. The molecule has 1 fully saturated rings. The van der Waals surface area contributed by atoms with Crippen LogP contribution in [0.15, 0.2) is 54.6 Å². The lowest BCUT2D eigenvalue weighted by molar-refractivity contribution is 0.150. The van der Waals surface area contributed by atoms with Gasteiger partial charge in [-0.1, -0.05) is 54.6 Å². The Balaban J connectivity index is 1.66. The maximum Gasteiger partial charge on any atom is 0.0695 e. The van der Waals surface area contributed by atoms with Gasteiger partial charge in [-0.25, -0.2) is 0 Å². The topological polar surface area (TPSA) is 32.3 Å². The van der Waals surface area contributed by atoms with Gasteiger partial charge in [-0.3, -0.25) is 0 Å². The van der Waals surface area contributed by atoms with Crippen LogP contribution >= 0.6 is 0 Å². The molecule has 0 aromatic heterocycles. The van der Waals surface area contributed by atoms with Crippen molar-refractivity contribution in [3.63, 3.8) is 0 Å². The molecule has 2 aromatic rings. The number of aliphatic hydroxyl groups is 1. The predicted molar refractivity (Wildman–Crippen MR) is 87.2 cm³/mol. The summed E-state index contributed by atoms with van der Waals surface area (Å²) < 4.78 is 0. The molecule has 3 atom stereocenters. The largest absolute Gasteiger partial charge is 0.391 e. The molecular weight excluding hydrogens is 258 g/mol. The first-order valence-corrected chi connectivity index (χ1v) is 7.76. The van der Waals surface area contributed by atoms with Crippen molar-refractivity contribution in [2.75, 3.05) is 7.05 Å². The van der Waals surface area contributed by atoms with Gasteiger partial charge < -0.3 is 10.4 Å². The summed E-state index contributed by atoms with van der Waals surface area (Å²) in [5.41, 5.74) is 3.89. The van der Waals surface area contributed by atoms with Crippen LogP contribution in [-0.2, 0) is 6.42 Å². The van der Waals surface area contributed by atoms with Crippen molar-refractivity contribution in [1.29, 1.82) is 0 Å². The van der Waals surface area contributed by atoms with E-state index in [1.54, 1.807) is 0 Å². The average Bonchev–Trinajstić information content (AvgIpc) is 2.88. The zero-order valence-electron chi connectivity index (χ0n) is 12.5. The van der Waals surface area contributed by atoms with E-state index in [2.05, 4.69) is 53.8 Å². The minimum absolute atomic E-state index is 0.191. The second kappa shape index (κ2) is 6.42. The monoisotopic (exact) mass is 281 g/mol. The van der Waals surface area contributed by atoms with Crippen molar-refractivity contribution in [1.82, 2.24) is 5.32 Å². The third-order valence-electron chi connectivity index (χ3n) is 4.58. The highest BCUT2D eigenvalue weighted by atomic mass is 16.3. The highest BCUT2D eigenvalue weighted by molar-refractivity contribution is 5.63. The molecule has 2 N–H and O–H groups in total. The lowest BCUT2D eigenvalue weighted by Gasteiger charge is -2.12. The standard InChI is InChI=1S/C19H23NO/c1-20-18-12-15(13-19(18)21)11-14-7-9-17(10-8-14)16-5-3-2-4-6-16/h2-10,15,18-21H,11-13H2,1H3/t15-,18-,19-/m1/s1. The maximum absolute atomic E-state index is 9.97. The minimum Gasteiger partial charge on any atom is -0.391 e. The molecule has 0 saturated heterocycles. The van der Waals surface area contributed by atoms with E-state index in [-0.39, 0.29) is 12.1 Å². The van der Waals surface area contributed by atoms with Crippen molar-refractivity contribution in [2.45, 2.75) is 31.4 Å². The molecule has 1 saturated carbocycles. The molecule has 110 valence electrons. The molecule has 0 radical (unpaired) electrons. The Bertz CT molecular complexity index is 564. The van der Waals surface area contributed by atoms with Crippen LogP contribution in [0.3, 0.4) is 0 Å². The number of benzene rings is 2. The lowest BCUT2D eigenvalue weighted by Crippen LogP contribution is -2.32. The third-order valence-corrected chi connectivity index (χ3v) is 4.58. The van der Waals surface area contributed by atoms with Gasteiger partial charge in [0.05, 0.1) is 6.10 Å². The van der Waals surface area contributed by atoms with Crippen molar-refractivity contribution < 1.29 is 5.11 Å². The van der Waals surface area contributed by atoms with Gasteiger partial charge in [0.15, 0.2) is 0 Å². The SMILES string of the molecule is CN[C@@H]1C[C@@H](Cc2ccc(-c3ccccc3)cc2)C[C@H]1O. The number of hydrogen-bond acceptors (Lipinski definition) is 2. The zero-order chi connectivity index (χ0) is 14.7. The van der Waals surface area contributed by atoms with Crippen LogP contribution in [0.5, 0.6) is 0 Å². The molecule has 0 amide bonds. The van der Waals surface area contributed by atoms with Gasteiger partial charge in [-0.15, -0.1) is 0 Å². The Morgan fingerprint density at radius 1 is 0.952 bits per heavy atom. The van der Waals surface area contributed by atoms with E-state index in [0.717, 1.165) is 19.3 Å². The zero-order valence-corrected chi connectivity index (χ0v) is 12.5. The Kier molecular flexibility index (Phi) is 4.37. The molecule has 21 heavy (non-hydrogen) atoms. The molecule has 0 unspecified atom stereocenters. The van der Waals surface area contributed by atoms with E-state index < -0.39 is 0 Å². The Morgan fingerprint density at radius 3 is 2.24 bits per heavy atom. The van der Waals surface area contributed by atoms with Crippen LogP contribution in [-0.4, -0.2) is 24.3 Å². The first kappa shape index (κ1) is 14.3. The molecule has 0 bridgehead atoms. The lowest BCUT2D eigenvalue weighted by atomic mass is 9.96. The number of hydrogen-bond donors (Lipinski definition) is 2. The molecule has 2 heteroatoms. The van der Waals surface area contributed by atoms with Gasteiger partial charge >= 0.3 is 0 Å². The number of nitrogens with one attached hydrogen (secondary N) is 1. The fourth-order valence-corrected chi connectivity index (χ4v) is 3.39. The highest BCUT2D eigenvalue weighted by Gasteiger charge is 2.31. The highest BCUT2D eigenvalue weighted by Crippen LogP contribution is 2.29. The van der Waals surface area contributed by atoms with E-state index in [1.807, 2.05) is 13.1 Å². The summed E-state index contributed by atoms with van der Waals surface area (Å²) in [5.74, 6) is 0.583. The van der Waals surface area contributed by atoms with Gasteiger partial charge in [0.2, 0.25) is 0 Å². The quantitative estimate of drug-likeness (QED) is 0.901. The van der Waals surface area contributed by atoms with E-state index in [1.165, 1.54) is 16.7 Å². The summed E-state index contributed by atoms with van der Waals surface area (Å²) in [4.78, 5) is 0. The molecule has 0 spiro atoms. The van der Waals surface area contributed by atoms with E-state index in [0.29, 0.717) is 5.92 Å². The second-order valence-corrected chi connectivity index (χ2v) is 6.07. The molecule has 0 heterocycles. The van der Waals surface area contributed by atoms with Crippen LogP contribution in [0.25, 0.3) is 11.1 Å². The summed E-state index contributed by atoms with van der Waals surface area (Å²) in [6.45, 7) is 0. The summed E-state index contributed by atoms with van der Waals surface area (Å²) in [5, 5.41) is 13.2. The van der Waals surface area contributed by atoms with Crippen molar-refractivity contribution in [2.24, 2.45) is 5.92 Å². The van der Waals surface area contributed by atoms with E-state index >= 15 is 0 Å². The van der Waals surface area contributed by atoms with E-state index in [9.17, 15) is 5.11 Å². The molecule has 0 aliphatic heterocycles. The first-order chi connectivity index (χ1) is 10.3. The van der Waals surface area contributed by atoms with Crippen LogP contribution < -0.4 is 5.32 Å². The van der Waals surface area contributed by atoms with Crippen molar-refractivity contribution in [3.05, 3.63) is 60.2 Å². The molecule has 1 aliphatic rings. The number of likely N-dealkylation sites (N-methyl/N-ethyl adjacent to an activating group) is 1. The summed E-state index contributed by atoms with van der Waals surface area (Å²) in [6.07, 6.45) is 2.84. The summed E-state index contributed by atoms with van der Waals surface area (Å²) in [7, 11) is 1.94. The number of aliphatic hydroxyl groups excluding tert-OH is 1. The normalized spacial score (nSPS) is 25.1. The smallest absolute Gasteiger partial charge is 0.0695 e. The summed E-state index contributed by atoms with van der Waals surface area (Å²) in [6, 6.07) is 19.6. The second-order valence-electron chi connectivity index (χ2n) is 6.07. The van der Waals surface area contributed by atoms with Gasteiger partial charge in [0.1, 0.15) is 0 Å². The van der Waals surface area contributed by atoms with Crippen LogP contribution in [0.1, 0.15) is 18.4 Å². The van der Waals surface area contributed by atoms with Gasteiger partial charge in [-0.05, 0) is 48.9 Å². The van der Waals surface area contributed by atoms with Crippen molar-refractivity contribution >= 4 is 0 Å². The van der Waals surface area contributed by atoms with Crippen molar-refractivity contribution in [3.8, 4) is 11.1 Å².